The van der Waals surface area contributed by atoms with Crippen LogP contribution >= 0.6 is 0 Å². The molecule has 0 fully saturated rings. The van der Waals surface area contributed by atoms with Crippen molar-refractivity contribution in [3.05, 3.63) is 23.8 Å². The van der Waals surface area contributed by atoms with Gasteiger partial charge < -0.3 is 19.7 Å². The van der Waals surface area contributed by atoms with Crippen LogP contribution < -0.4 is 14.8 Å². The quantitative estimate of drug-likeness (QED) is 0.627. The summed E-state index contributed by atoms with van der Waals surface area (Å²) in [5.74, 6) is -1.22. The van der Waals surface area contributed by atoms with E-state index >= 15 is 0 Å². The molecule has 0 amide bonds. The Balaban J connectivity index is 2.73. The third-order valence-electron chi connectivity index (χ3n) is 2.76. The molecule has 0 aliphatic carbocycles. The number of carbonyl (C=O) groups is 2. The first-order chi connectivity index (χ1) is 9.97. The van der Waals surface area contributed by atoms with Crippen molar-refractivity contribution in [1.82, 2.24) is 5.32 Å². The number of hydrogen-bond acceptors (Lipinski definition) is 5. The van der Waals surface area contributed by atoms with E-state index in [4.69, 9.17) is 19.7 Å². The van der Waals surface area contributed by atoms with Crippen LogP contribution in [0.4, 0.5) is 0 Å². The summed E-state index contributed by atoms with van der Waals surface area (Å²) < 4.78 is 10.6. The van der Waals surface area contributed by atoms with Crippen molar-refractivity contribution < 1.29 is 29.3 Å². The standard InChI is InChI=1S/C14H19NO6/c1-3-21-11-5-4-9(6-12(11)20-2)8-15-10(14(18)19)7-13(16)17/h4-6,10,15H,3,7-8H2,1-2H3,(H,16,17)(H,18,19). The minimum Gasteiger partial charge on any atom is -0.493 e. The first-order valence-corrected chi connectivity index (χ1v) is 6.45. The summed E-state index contributed by atoms with van der Waals surface area (Å²) in [6, 6.07) is 4.07. The molecule has 7 nitrogen and oxygen atoms in total. The number of methoxy groups -OCH3 is 1. The molecule has 1 aromatic rings. The van der Waals surface area contributed by atoms with Gasteiger partial charge in [0.1, 0.15) is 6.04 Å². The summed E-state index contributed by atoms with van der Waals surface area (Å²) in [4.78, 5) is 21.6. The minimum absolute atomic E-state index is 0.215. The van der Waals surface area contributed by atoms with Crippen LogP contribution in [0, 0.1) is 0 Å². The Hall–Kier alpha value is -2.28. The predicted octanol–water partition coefficient (Wildman–Crippen LogP) is 1.11. The number of benzene rings is 1. The van der Waals surface area contributed by atoms with Crippen LogP contribution in [-0.4, -0.2) is 41.9 Å². The molecule has 116 valence electrons. The maximum Gasteiger partial charge on any atom is 0.321 e. The van der Waals surface area contributed by atoms with Gasteiger partial charge in [-0.05, 0) is 24.6 Å². The molecule has 7 heteroatoms. The summed E-state index contributed by atoms with van der Waals surface area (Å²) >= 11 is 0. The van der Waals surface area contributed by atoms with E-state index in [1.54, 1.807) is 18.2 Å². The maximum atomic E-state index is 10.9. The Bertz CT molecular complexity index is 502. The molecule has 1 rings (SSSR count). The van der Waals surface area contributed by atoms with Crippen molar-refractivity contribution in [2.45, 2.75) is 25.9 Å². The first-order valence-electron chi connectivity index (χ1n) is 6.45. The lowest BCUT2D eigenvalue weighted by Crippen LogP contribution is -2.38. The van der Waals surface area contributed by atoms with Crippen LogP contribution in [0.5, 0.6) is 11.5 Å². The largest absolute Gasteiger partial charge is 0.493 e. The molecular weight excluding hydrogens is 278 g/mol. The highest BCUT2D eigenvalue weighted by molar-refractivity contribution is 5.80. The van der Waals surface area contributed by atoms with Gasteiger partial charge >= 0.3 is 11.9 Å². The van der Waals surface area contributed by atoms with E-state index < -0.39 is 24.4 Å². The number of rotatable bonds is 9. The number of carboxylic acids is 2. The Morgan fingerprint density at radius 1 is 1.29 bits per heavy atom. The molecule has 0 bridgehead atoms. The van der Waals surface area contributed by atoms with Crippen LogP contribution in [0.15, 0.2) is 18.2 Å². The Morgan fingerprint density at radius 3 is 2.52 bits per heavy atom. The highest BCUT2D eigenvalue weighted by atomic mass is 16.5. The van der Waals surface area contributed by atoms with E-state index in [1.807, 2.05) is 6.92 Å². The maximum absolute atomic E-state index is 10.9. The summed E-state index contributed by atoms with van der Waals surface area (Å²) in [6.45, 7) is 2.58. The van der Waals surface area contributed by atoms with E-state index in [1.165, 1.54) is 7.11 Å². The van der Waals surface area contributed by atoms with E-state index in [9.17, 15) is 9.59 Å². The van der Waals surface area contributed by atoms with Gasteiger partial charge in [-0.15, -0.1) is 0 Å². The van der Waals surface area contributed by atoms with Crippen molar-refractivity contribution in [1.29, 1.82) is 0 Å². The number of hydrogen-bond donors (Lipinski definition) is 3. The van der Waals surface area contributed by atoms with Crippen LogP contribution in [0.25, 0.3) is 0 Å². The minimum atomic E-state index is -1.20. The van der Waals surface area contributed by atoms with E-state index in [0.29, 0.717) is 18.1 Å². The molecule has 0 aliphatic rings. The second-order valence-corrected chi connectivity index (χ2v) is 4.29. The summed E-state index contributed by atoms with van der Waals surface area (Å²) in [6.07, 6.45) is -0.483. The van der Waals surface area contributed by atoms with Gasteiger partial charge in [-0.1, -0.05) is 6.07 Å². The molecule has 0 aliphatic heterocycles. The highest BCUT2D eigenvalue weighted by Crippen LogP contribution is 2.28. The molecule has 0 saturated heterocycles. The zero-order chi connectivity index (χ0) is 15.8. The Kier molecular flexibility index (Phi) is 6.48. The fourth-order valence-electron chi connectivity index (χ4n) is 1.76. The van der Waals surface area contributed by atoms with Gasteiger partial charge in [0.15, 0.2) is 11.5 Å². The molecular formula is C14H19NO6. The average molecular weight is 297 g/mol. The zero-order valence-corrected chi connectivity index (χ0v) is 12.0. The van der Waals surface area contributed by atoms with Crippen molar-refractivity contribution >= 4 is 11.9 Å². The van der Waals surface area contributed by atoms with Crippen molar-refractivity contribution in [3.8, 4) is 11.5 Å². The molecule has 1 unspecified atom stereocenters. The number of nitrogens with one attached hydrogen (secondary N) is 1. The number of ether oxygens (including phenoxy) is 2. The predicted molar refractivity (Wildman–Crippen MR) is 74.7 cm³/mol. The van der Waals surface area contributed by atoms with E-state index in [2.05, 4.69) is 5.32 Å². The lowest BCUT2D eigenvalue weighted by molar-refractivity contribution is -0.146. The topological polar surface area (TPSA) is 105 Å². The van der Waals surface area contributed by atoms with E-state index in [0.717, 1.165) is 5.56 Å². The van der Waals surface area contributed by atoms with Crippen LogP contribution in [0.2, 0.25) is 0 Å². The lowest BCUT2D eigenvalue weighted by atomic mass is 10.1. The van der Waals surface area contributed by atoms with Gasteiger partial charge in [0.05, 0.1) is 20.1 Å². The van der Waals surface area contributed by atoms with E-state index in [-0.39, 0.29) is 6.54 Å². The van der Waals surface area contributed by atoms with Crippen LogP contribution in [0.3, 0.4) is 0 Å². The fraction of sp³-hybridized carbons (Fsp3) is 0.429. The van der Waals surface area contributed by atoms with Crippen LogP contribution in [-0.2, 0) is 16.1 Å². The zero-order valence-electron chi connectivity index (χ0n) is 12.0. The molecule has 0 heterocycles. The van der Waals surface area contributed by atoms with Crippen molar-refractivity contribution in [3.63, 3.8) is 0 Å². The van der Waals surface area contributed by atoms with Gasteiger partial charge in [0, 0.05) is 6.54 Å². The molecule has 0 saturated carbocycles. The van der Waals surface area contributed by atoms with Crippen molar-refractivity contribution in [2.24, 2.45) is 0 Å². The molecule has 1 atom stereocenters. The van der Waals surface area contributed by atoms with Crippen molar-refractivity contribution in [2.75, 3.05) is 13.7 Å². The van der Waals surface area contributed by atoms with Gasteiger partial charge in [-0.25, -0.2) is 0 Å². The normalized spacial score (nSPS) is 11.7. The third kappa shape index (κ3) is 5.31. The summed E-state index contributed by atoms with van der Waals surface area (Å²) in [5.41, 5.74) is 0.770. The van der Waals surface area contributed by atoms with Gasteiger partial charge in [-0.2, -0.15) is 0 Å². The molecule has 0 radical (unpaired) electrons. The monoisotopic (exact) mass is 297 g/mol. The van der Waals surface area contributed by atoms with Crippen LogP contribution in [0.1, 0.15) is 18.9 Å². The Morgan fingerprint density at radius 2 is 2.00 bits per heavy atom. The average Bonchev–Trinajstić information content (AvgIpc) is 2.44. The smallest absolute Gasteiger partial charge is 0.321 e. The highest BCUT2D eigenvalue weighted by Gasteiger charge is 2.20. The lowest BCUT2D eigenvalue weighted by Gasteiger charge is -2.14. The SMILES string of the molecule is CCOc1ccc(CNC(CC(=O)O)C(=O)O)cc1OC. The third-order valence-corrected chi connectivity index (χ3v) is 2.76. The van der Waals surface area contributed by atoms with Gasteiger partial charge in [0.25, 0.3) is 0 Å². The molecule has 0 spiro atoms. The summed E-state index contributed by atoms with van der Waals surface area (Å²) in [7, 11) is 1.51. The van der Waals surface area contributed by atoms with Gasteiger partial charge in [-0.3, -0.25) is 14.9 Å². The molecule has 3 N–H and O–H groups in total. The fourth-order valence-corrected chi connectivity index (χ4v) is 1.76. The molecule has 0 aromatic heterocycles. The second-order valence-electron chi connectivity index (χ2n) is 4.29. The second kappa shape index (κ2) is 8.11. The van der Waals surface area contributed by atoms with Gasteiger partial charge in [0.2, 0.25) is 0 Å². The summed E-state index contributed by atoms with van der Waals surface area (Å²) in [5, 5.41) is 20.3. The Labute approximate surface area is 122 Å². The number of aliphatic carboxylic acids is 2. The number of carboxylic acid groups (broad SMARTS) is 2. The molecule has 1 aromatic carbocycles. The molecule has 21 heavy (non-hydrogen) atoms. The first kappa shape index (κ1) is 16.8.